The molecule has 0 aliphatic carbocycles. The molecule has 0 aromatic heterocycles. The van der Waals surface area contributed by atoms with Crippen molar-refractivity contribution in [2.24, 2.45) is 5.41 Å². The van der Waals surface area contributed by atoms with E-state index >= 15 is 0 Å². The number of carbonyl (C=O) groups is 1. The number of hydrogen-bond donors (Lipinski definition) is 0. The van der Waals surface area contributed by atoms with E-state index in [4.69, 9.17) is 0 Å². The summed E-state index contributed by atoms with van der Waals surface area (Å²) in [5.41, 5.74) is 0.412. The SMILES string of the molecule is C[N-]C(=O)N1CC2(CCN(C)C2)C1.[K+]. The van der Waals surface area contributed by atoms with Crippen LogP contribution in [0.2, 0.25) is 0 Å². The molecule has 2 fully saturated rings. The van der Waals surface area contributed by atoms with Gasteiger partial charge in [-0.05, 0) is 38.5 Å². The fraction of sp³-hybridized carbons (Fsp3) is 0.889. The quantitative estimate of drug-likeness (QED) is 0.434. The van der Waals surface area contributed by atoms with Gasteiger partial charge in [0.15, 0.2) is 6.03 Å². The molecule has 4 nitrogen and oxygen atoms in total. The van der Waals surface area contributed by atoms with Crippen molar-refractivity contribution in [3.63, 3.8) is 0 Å². The zero-order chi connectivity index (χ0) is 9.47. The normalized spacial score (nSPS) is 24.3. The van der Waals surface area contributed by atoms with Crippen molar-refractivity contribution in [1.82, 2.24) is 9.80 Å². The first-order valence-corrected chi connectivity index (χ1v) is 4.72. The van der Waals surface area contributed by atoms with Gasteiger partial charge in [0.2, 0.25) is 0 Å². The summed E-state index contributed by atoms with van der Waals surface area (Å²) < 4.78 is 0. The maximum absolute atomic E-state index is 11.2. The van der Waals surface area contributed by atoms with E-state index in [0.29, 0.717) is 5.41 Å². The summed E-state index contributed by atoms with van der Waals surface area (Å²) in [4.78, 5) is 15.3. The third kappa shape index (κ3) is 2.33. The average molecular weight is 221 g/mol. The summed E-state index contributed by atoms with van der Waals surface area (Å²) in [7, 11) is 3.71. The van der Waals surface area contributed by atoms with Gasteiger partial charge in [-0.2, -0.15) is 0 Å². The third-order valence-corrected chi connectivity index (χ3v) is 3.14. The van der Waals surface area contributed by atoms with Gasteiger partial charge in [-0.1, -0.05) is 7.05 Å². The number of hydrogen-bond acceptors (Lipinski definition) is 2. The zero-order valence-corrected chi connectivity index (χ0v) is 12.4. The summed E-state index contributed by atoms with van der Waals surface area (Å²) in [5.74, 6) is 0. The first-order chi connectivity index (χ1) is 6.15. The van der Waals surface area contributed by atoms with E-state index in [-0.39, 0.29) is 57.4 Å². The van der Waals surface area contributed by atoms with Gasteiger partial charge in [0, 0.05) is 6.54 Å². The molecule has 0 aromatic carbocycles. The number of carbonyl (C=O) groups excluding carboxylic acids is 1. The Kier molecular flexibility index (Phi) is 4.44. The van der Waals surface area contributed by atoms with Crippen molar-refractivity contribution in [1.29, 1.82) is 0 Å². The van der Waals surface area contributed by atoms with Gasteiger partial charge in [-0.15, -0.1) is 0 Å². The van der Waals surface area contributed by atoms with Crippen LogP contribution in [0.5, 0.6) is 0 Å². The second-order valence-electron chi connectivity index (χ2n) is 4.35. The van der Waals surface area contributed by atoms with Gasteiger partial charge in [0.1, 0.15) is 0 Å². The maximum Gasteiger partial charge on any atom is 1.00 e. The Morgan fingerprint density at radius 3 is 2.43 bits per heavy atom. The topological polar surface area (TPSA) is 37.7 Å². The van der Waals surface area contributed by atoms with Crippen LogP contribution in [0.15, 0.2) is 0 Å². The van der Waals surface area contributed by atoms with E-state index in [0.717, 1.165) is 19.6 Å². The second-order valence-corrected chi connectivity index (χ2v) is 4.35. The molecule has 0 aromatic rings. The molecule has 2 aliphatic rings. The second kappa shape index (κ2) is 4.80. The molecule has 0 atom stereocenters. The third-order valence-electron chi connectivity index (χ3n) is 3.14. The van der Waals surface area contributed by atoms with Crippen LogP contribution >= 0.6 is 0 Å². The largest absolute Gasteiger partial charge is 1.00 e. The Morgan fingerprint density at radius 2 is 2.00 bits per heavy atom. The Balaban J connectivity index is 0.000000980. The molecule has 14 heavy (non-hydrogen) atoms. The number of rotatable bonds is 0. The molecular formula is C9H16KN3O. The summed E-state index contributed by atoms with van der Waals surface area (Å²) in [6, 6.07) is -0.0554. The minimum Gasteiger partial charge on any atom is -0.435 e. The van der Waals surface area contributed by atoms with E-state index in [2.05, 4.69) is 17.3 Å². The van der Waals surface area contributed by atoms with Crippen LogP contribution in [0.4, 0.5) is 4.79 Å². The molecule has 2 amide bonds. The average Bonchev–Trinajstić information content (AvgIpc) is 2.43. The molecular weight excluding hydrogens is 205 g/mol. The Morgan fingerprint density at radius 1 is 1.36 bits per heavy atom. The van der Waals surface area contributed by atoms with Crippen molar-refractivity contribution in [2.75, 3.05) is 40.3 Å². The molecule has 1 spiro atoms. The van der Waals surface area contributed by atoms with E-state index < -0.39 is 0 Å². The van der Waals surface area contributed by atoms with Crippen LogP contribution in [-0.2, 0) is 0 Å². The molecule has 0 radical (unpaired) electrons. The van der Waals surface area contributed by atoms with Gasteiger partial charge < -0.3 is 15.1 Å². The van der Waals surface area contributed by atoms with E-state index in [1.54, 1.807) is 7.05 Å². The fourth-order valence-corrected chi connectivity index (χ4v) is 2.46. The van der Waals surface area contributed by atoms with Crippen LogP contribution < -0.4 is 51.4 Å². The van der Waals surface area contributed by atoms with Gasteiger partial charge >= 0.3 is 51.4 Å². The predicted molar refractivity (Wildman–Crippen MR) is 50.8 cm³/mol. The molecule has 0 saturated carbocycles. The Bertz CT molecular complexity index is 228. The molecule has 2 aliphatic heterocycles. The van der Waals surface area contributed by atoms with Gasteiger partial charge in [-0.25, -0.2) is 0 Å². The summed E-state index contributed by atoms with van der Waals surface area (Å²) >= 11 is 0. The molecule has 5 heteroatoms. The van der Waals surface area contributed by atoms with Crippen LogP contribution in [0.25, 0.3) is 5.32 Å². The van der Waals surface area contributed by atoms with Crippen LogP contribution in [0, 0.1) is 5.41 Å². The van der Waals surface area contributed by atoms with Crippen molar-refractivity contribution in [3.8, 4) is 0 Å². The van der Waals surface area contributed by atoms with Crippen molar-refractivity contribution >= 4 is 6.03 Å². The van der Waals surface area contributed by atoms with Crippen LogP contribution in [0.3, 0.4) is 0 Å². The van der Waals surface area contributed by atoms with Gasteiger partial charge in [-0.3, -0.25) is 4.79 Å². The van der Waals surface area contributed by atoms with Crippen LogP contribution in [-0.4, -0.2) is 56.1 Å². The van der Waals surface area contributed by atoms with Crippen molar-refractivity contribution in [2.45, 2.75) is 6.42 Å². The predicted octanol–water partition coefficient (Wildman–Crippen LogP) is -2.25. The standard InChI is InChI=1S/C9H17N3O.K/c1-10-8(13)12-6-9(7-12)3-4-11(2)5-9;/h3-7H2,1-2H3,(H,10,13);/q;+1/p-1. The van der Waals surface area contributed by atoms with E-state index in [9.17, 15) is 4.79 Å². The summed E-state index contributed by atoms with van der Waals surface area (Å²) in [6.45, 7) is 4.13. The summed E-state index contributed by atoms with van der Waals surface area (Å²) in [6.07, 6.45) is 1.23. The smallest absolute Gasteiger partial charge is 0.435 e. The fourth-order valence-electron chi connectivity index (χ4n) is 2.46. The molecule has 2 saturated heterocycles. The van der Waals surface area contributed by atoms with E-state index in [1.807, 2.05) is 4.90 Å². The van der Waals surface area contributed by atoms with Crippen LogP contribution in [0.1, 0.15) is 6.42 Å². The zero-order valence-electron chi connectivity index (χ0n) is 9.29. The molecule has 2 rings (SSSR count). The molecule has 2 heterocycles. The molecule has 0 N–H and O–H groups in total. The van der Waals surface area contributed by atoms with Gasteiger partial charge in [0.25, 0.3) is 0 Å². The van der Waals surface area contributed by atoms with Gasteiger partial charge in [0.05, 0.1) is 0 Å². The number of nitrogens with zero attached hydrogens (tertiary/aromatic N) is 3. The minimum atomic E-state index is -0.0554. The minimum absolute atomic E-state index is 0. The molecule has 74 valence electrons. The summed E-state index contributed by atoms with van der Waals surface area (Å²) in [5, 5.41) is 3.66. The molecule has 0 unspecified atom stereocenters. The monoisotopic (exact) mass is 221 g/mol. The molecule has 0 bridgehead atoms. The first-order valence-electron chi connectivity index (χ1n) is 4.72. The Labute approximate surface area is 128 Å². The van der Waals surface area contributed by atoms with E-state index in [1.165, 1.54) is 13.0 Å². The maximum atomic E-state index is 11.2. The number of likely N-dealkylation sites (tertiary alicyclic amines) is 2. The number of amides is 2. The van der Waals surface area contributed by atoms with Crippen molar-refractivity contribution in [3.05, 3.63) is 5.32 Å². The first kappa shape index (κ1) is 12.9. The Hall–Kier alpha value is 0.866. The number of urea groups is 1. The van der Waals surface area contributed by atoms with Crippen molar-refractivity contribution < 1.29 is 56.2 Å².